The molecule has 1 aromatic rings. The normalized spacial score (nSPS) is 23.1. The number of fused-ring (bicyclic) bond motifs is 1. The van der Waals surface area contributed by atoms with Gasteiger partial charge in [-0.3, -0.25) is 4.79 Å². The second-order valence-corrected chi connectivity index (χ2v) is 5.89. The van der Waals surface area contributed by atoms with Crippen molar-refractivity contribution in [3.05, 3.63) is 11.6 Å². The molecule has 2 atom stereocenters. The van der Waals surface area contributed by atoms with Gasteiger partial charge in [-0.1, -0.05) is 6.42 Å². The van der Waals surface area contributed by atoms with Gasteiger partial charge in [0.05, 0.1) is 6.54 Å². The van der Waals surface area contributed by atoms with Gasteiger partial charge in [0.15, 0.2) is 5.82 Å². The highest BCUT2D eigenvalue weighted by Gasteiger charge is 2.31. The zero-order valence-electron chi connectivity index (χ0n) is 12.7. The van der Waals surface area contributed by atoms with Gasteiger partial charge in [-0.15, -0.1) is 35.0 Å². The van der Waals surface area contributed by atoms with Gasteiger partial charge >= 0.3 is 0 Å². The molecule has 8 heteroatoms. The number of hydrogen-bond acceptors (Lipinski definition) is 4. The third kappa shape index (κ3) is 3.91. The van der Waals surface area contributed by atoms with Crippen LogP contribution < -0.4 is 11.1 Å². The molecule has 0 spiro atoms. The summed E-state index contributed by atoms with van der Waals surface area (Å²) in [7, 11) is 0. The molecular formula is C14H25Cl2N5O. The van der Waals surface area contributed by atoms with Crippen molar-refractivity contribution in [1.29, 1.82) is 0 Å². The summed E-state index contributed by atoms with van der Waals surface area (Å²) in [4.78, 5) is 12.3. The molecule has 0 saturated heterocycles. The van der Waals surface area contributed by atoms with Crippen LogP contribution in [-0.4, -0.2) is 27.2 Å². The molecule has 0 aromatic carbocycles. The molecule has 2 heterocycles. The van der Waals surface area contributed by atoms with Crippen molar-refractivity contribution in [3.63, 3.8) is 0 Å². The number of carbonyl (C=O) groups excluding carboxylic acids is 1. The number of halogens is 2. The van der Waals surface area contributed by atoms with Crippen LogP contribution in [0.2, 0.25) is 0 Å². The predicted octanol–water partition coefficient (Wildman–Crippen LogP) is 1.45. The van der Waals surface area contributed by atoms with E-state index >= 15 is 0 Å². The molecule has 126 valence electrons. The smallest absolute Gasteiger partial charge is 0.223 e. The van der Waals surface area contributed by atoms with Crippen molar-refractivity contribution in [1.82, 2.24) is 20.1 Å². The Balaban J connectivity index is 0.00000121. The zero-order chi connectivity index (χ0) is 13.9. The summed E-state index contributed by atoms with van der Waals surface area (Å²) in [5, 5.41) is 11.4. The molecule has 0 bridgehead atoms. The van der Waals surface area contributed by atoms with Crippen molar-refractivity contribution in [2.75, 3.05) is 6.54 Å². The number of nitrogens with one attached hydrogen (secondary N) is 1. The SMILES string of the molecule is Cl.Cl.NC[C@H]1CCC[C@H]1C(=O)NCc1nnc2n1CCCC2. The standard InChI is InChI=1S/C14H23N5O.2ClH/c15-8-10-4-3-5-11(10)14(20)16-9-13-18-17-12-6-1-2-7-19(12)13;;/h10-11H,1-9,15H2,(H,16,20);2*1H/t10-,11-;;/m1../s1. The second-order valence-electron chi connectivity index (χ2n) is 5.89. The third-order valence-corrected chi connectivity index (χ3v) is 4.66. The zero-order valence-corrected chi connectivity index (χ0v) is 14.3. The summed E-state index contributed by atoms with van der Waals surface area (Å²) in [6, 6.07) is 0. The molecule has 1 aliphatic carbocycles. The van der Waals surface area contributed by atoms with Crippen LogP contribution in [0.15, 0.2) is 0 Å². The monoisotopic (exact) mass is 349 g/mol. The van der Waals surface area contributed by atoms with E-state index in [1.807, 2.05) is 0 Å². The van der Waals surface area contributed by atoms with E-state index in [0.717, 1.165) is 43.9 Å². The third-order valence-electron chi connectivity index (χ3n) is 4.66. The van der Waals surface area contributed by atoms with Gasteiger partial charge in [0.1, 0.15) is 5.82 Å². The highest BCUT2D eigenvalue weighted by Crippen LogP contribution is 2.31. The molecule has 0 unspecified atom stereocenters. The van der Waals surface area contributed by atoms with Gasteiger partial charge in [0.2, 0.25) is 5.91 Å². The van der Waals surface area contributed by atoms with E-state index in [1.165, 1.54) is 12.8 Å². The van der Waals surface area contributed by atoms with Crippen LogP contribution in [0.5, 0.6) is 0 Å². The summed E-state index contributed by atoms with van der Waals surface area (Å²) in [6.45, 7) is 2.07. The molecule has 22 heavy (non-hydrogen) atoms. The number of carbonyl (C=O) groups is 1. The fraction of sp³-hybridized carbons (Fsp3) is 0.786. The summed E-state index contributed by atoms with van der Waals surface area (Å²) < 4.78 is 2.15. The molecule has 1 amide bonds. The molecule has 1 aliphatic heterocycles. The minimum absolute atomic E-state index is 0. The first-order valence-corrected chi connectivity index (χ1v) is 7.68. The molecule has 1 saturated carbocycles. The summed E-state index contributed by atoms with van der Waals surface area (Å²) in [5.74, 6) is 2.51. The lowest BCUT2D eigenvalue weighted by atomic mass is 9.95. The first-order valence-electron chi connectivity index (χ1n) is 7.68. The first-order chi connectivity index (χ1) is 9.79. The Morgan fingerprint density at radius 2 is 2.05 bits per heavy atom. The van der Waals surface area contributed by atoms with E-state index in [2.05, 4.69) is 20.1 Å². The second kappa shape index (κ2) is 8.70. The fourth-order valence-corrected chi connectivity index (χ4v) is 3.46. The van der Waals surface area contributed by atoms with Crippen LogP contribution in [0.3, 0.4) is 0 Å². The van der Waals surface area contributed by atoms with Crippen LogP contribution >= 0.6 is 24.8 Å². The number of hydrogen-bond donors (Lipinski definition) is 2. The Morgan fingerprint density at radius 1 is 1.23 bits per heavy atom. The van der Waals surface area contributed by atoms with E-state index in [0.29, 0.717) is 19.0 Å². The predicted molar refractivity (Wildman–Crippen MR) is 89.2 cm³/mol. The quantitative estimate of drug-likeness (QED) is 0.861. The Morgan fingerprint density at radius 3 is 2.82 bits per heavy atom. The molecular weight excluding hydrogens is 325 g/mol. The summed E-state index contributed by atoms with van der Waals surface area (Å²) in [6.07, 6.45) is 6.51. The highest BCUT2D eigenvalue weighted by atomic mass is 35.5. The van der Waals surface area contributed by atoms with Gasteiger partial charge in [-0.05, 0) is 38.1 Å². The summed E-state index contributed by atoms with van der Waals surface area (Å²) in [5.41, 5.74) is 5.74. The molecule has 3 rings (SSSR count). The van der Waals surface area contributed by atoms with Gasteiger partial charge in [0, 0.05) is 18.9 Å². The average Bonchev–Trinajstić information content (AvgIpc) is 3.11. The van der Waals surface area contributed by atoms with Gasteiger partial charge in [-0.2, -0.15) is 0 Å². The summed E-state index contributed by atoms with van der Waals surface area (Å²) >= 11 is 0. The van der Waals surface area contributed by atoms with Crippen molar-refractivity contribution in [3.8, 4) is 0 Å². The lowest BCUT2D eigenvalue weighted by molar-refractivity contribution is -0.126. The first kappa shape index (κ1) is 19.2. The molecule has 1 fully saturated rings. The molecule has 0 radical (unpaired) electrons. The Bertz CT molecular complexity index is 494. The van der Waals surface area contributed by atoms with Crippen molar-refractivity contribution in [2.24, 2.45) is 17.6 Å². The number of nitrogens with two attached hydrogens (primary N) is 1. The van der Waals surface area contributed by atoms with E-state index in [1.54, 1.807) is 0 Å². The number of nitrogens with zero attached hydrogens (tertiary/aromatic N) is 3. The van der Waals surface area contributed by atoms with Crippen LogP contribution in [0, 0.1) is 11.8 Å². The lowest BCUT2D eigenvalue weighted by Gasteiger charge is -2.18. The van der Waals surface area contributed by atoms with E-state index < -0.39 is 0 Å². The van der Waals surface area contributed by atoms with Crippen LogP contribution in [0.25, 0.3) is 0 Å². The number of aryl methyl sites for hydroxylation is 1. The molecule has 6 nitrogen and oxygen atoms in total. The van der Waals surface area contributed by atoms with Crippen molar-refractivity contribution >= 4 is 30.7 Å². The highest BCUT2D eigenvalue weighted by molar-refractivity contribution is 5.85. The van der Waals surface area contributed by atoms with Crippen LogP contribution in [0.1, 0.15) is 43.8 Å². The minimum atomic E-state index is 0. The van der Waals surface area contributed by atoms with E-state index in [-0.39, 0.29) is 36.6 Å². The largest absolute Gasteiger partial charge is 0.349 e. The van der Waals surface area contributed by atoms with E-state index in [4.69, 9.17) is 5.73 Å². The van der Waals surface area contributed by atoms with Crippen molar-refractivity contribution < 1.29 is 4.79 Å². The van der Waals surface area contributed by atoms with Gasteiger partial charge in [-0.25, -0.2) is 0 Å². The fourth-order valence-electron chi connectivity index (χ4n) is 3.46. The Labute approximate surface area is 143 Å². The van der Waals surface area contributed by atoms with Crippen molar-refractivity contribution in [2.45, 2.75) is 51.6 Å². The number of aromatic nitrogens is 3. The number of amides is 1. The Kier molecular flexibility index (Phi) is 7.59. The van der Waals surface area contributed by atoms with Gasteiger partial charge < -0.3 is 15.6 Å². The number of rotatable bonds is 4. The minimum Gasteiger partial charge on any atom is -0.349 e. The maximum Gasteiger partial charge on any atom is 0.223 e. The maximum absolute atomic E-state index is 12.3. The van der Waals surface area contributed by atoms with E-state index in [9.17, 15) is 4.79 Å². The molecule has 3 N–H and O–H groups in total. The lowest BCUT2D eigenvalue weighted by Crippen LogP contribution is -2.35. The van der Waals surface area contributed by atoms with Gasteiger partial charge in [0.25, 0.3) is 0 Å². The van der Waals surface area contributed by atoms with Crippen LogP contribution in [-0.2, 0) is 24.3 Å². The maximum atomic E-state index is 12.3. The topological polar surface area (TPSA) is 85.8 Å². The molecule has 2 aliphatic rings. The average molecular weight is 350 g/mol. The van der Waals surface area contributed by atoms with Crippen LogP contribution in [0.4, 0.5) is 0 Å². The Hall–Kier alpha value is -0.850. The molecule has 1 aromatic heterocycles.